The Hall–Kier alpha value is -1.11. The first-order chi connectivity index (χ1) is 12.7. The number of ketones is 2. The van der Waals surface area contributed by atoms with Gasteiger partial charge in [-0.25, -0.2) is 0 Å². The summed E-state index contributed by atoms with van der Waals surface area (Å²) < 4.78 is 9.79. The van der Waals surface area contributed by atoms with Gasteiger partial charge in [0.25, 0.3) is 0 Å². The van der Waals surface area contributed by atoms with Crippen molar-refractivity contribution < 1.29 is 23.5 Å². The highest BCUT2D eigenvalue weighted by molar-refractivity contribution is 8.07. The molecule has 0 spiro atoms. The number of benzene rings is 1. The van der Waals surface area contributed by atoms with E-state index in [1.54, 1.807) is 12.1 Å². The van der Waals surface area contributed by atoms with E-state index in [1.165, 1.54) is 14.0 Å². The van der Waals surface area contributed by atoms with Crippen LogP contribution in [0.1, 0.15) is 67.8 Å². The molecule has 6 nitrogen and oxygen atoms in total. The lowest BCUT2D eigenvalue weighted by atomic mass is 10.0. The molecule has 8 heteroatoms. The first-order valence-corrected chi connectivity index (χ1v) is 11.8. The second-order valence-corrected chi connectivity index (χ2v) is 9.46. The van der Waals surface area contributed by atoms with E-state index in [4.69, 9.17) is 22.1 Å². The molecule has 0 aliphatic rings. The molecule has 0 radical (unpaired) electrons. The van der Waals surface area contributed by atoms with Gasteiger partial charge in [-0.3, -0.25) is 9.59 Å². The number of nitrogens with two attached hydrogens (primary N) is 1. The van der Waals surface area contributed by atoms with E-state index in [9.17, 15) is 14.5 Å². The van der Waals surface area contributed by atoms with Gasteiger partial charge in [0.2, 0.25) is 0 Å². The number of aryl methyl sites for hydroxylation is 1. The van der Waals surface area contributed by atoms with Crippen molar-refractivity contribution in [3.8, 4) is 0 Å². The van der Waals surface area contributed by atoms with Gasteiger partial charge in [-0.1, -0.05) is 25.3 Å². The van der Waals surface area contributed by atoms with Gasteiger partial charge in [0.05, 0.1) is 6.61 Å². The maximum Gasteiger partial charge on any atom is 0.324 e. The maximum atomic E-state index is 12.0. The molecule has 0 saturated carbocycles. The summed E-state index contributed by atoms with van der Waals surface area (Å²) in [5.41, 5.74) is 7.84. The summed E-state index contributed by atoms with van der Waals surface area (Å²) in [5.74, 6) is 0.190. The van der Waals surface area contributed by atoms with E-state index in [-0.39, 0.29) is 11.6 Å². The molecule has 0 heterocycles. The van der Waals surface area contributed by atoms with Gasteiger partial charge in [-0.2, -0.15) is 0 Å². The summed E-state index contributed by atoms with van der Waals surface area (Å²) in [4.78, 5) is 32.8. The third kappa shape index (κ3) is 10.1. The van der Waals surface area contributed by atoms with Crippen molar-refractivity contribution in [2.45, 2.75) is 58.3 Å². The van der Waals surface area contributed by atoms with E-state index in [1.807, 2.05) is 6.07 Å². The molecule has 27 heavy (non-hydrogen) atoms. The van der Waals surface area contributed by atoms with Crippen molar-refractivity contribution >= 4 is 35.8 Å². The number of Topliss-reactive ketones (excluding diaryl/α,β-unsaturated/α-hetero) is 2. The molecule has 0 aromatic heterocycles. The van der Waals surface area contributed by atoms with E-state index >= 15 is 0 Å². The average molecular weight is 415 g/mol. The highest BCUT2D eigenvalue weighted by Crippen LogP contribution is 2.42. The fourth-order valence-electron chi connectivity index (χ4n) is 2.68. The maximum absolute atomic E-state index is 12.0. The first-order valence-electron chi connectivity index (χ1n) is 9.19. The number of hydrogen-bond donors (Lipinski definition) is 2. The lowest BCUT2D eigenvalue weighted by Gasteiger charge is -2.12. The van der Waals surface area contributed by atoms with Crippen LogP contribution in [0.25, 0.3) is 0 Å². The Balaban J connectivity index is 2.12. The zero-order valence-corrected chi connectivity index (χ0v) is 17.8. The van der Waals surface area contributed by atoms with Crippen LogP contribution in [-0.2, 0) is 32.1 Å². The SMILES string of the molecule is COP(O)(=S)OCCCCCCCC(=O)CCc1ccc(C(C)=O)c(N)c1. The smallest absolute Gasteiger partial charge is 0.324 e. The molecule has 1 atom stereocenters. The molecule has 1 unspecified atom stereocenters. The summed E-state index contributed by atoms with van der Waals surface area (Å²) in [6, 6.07) is 5.36. The summed E-state index contributed by atoms with van der Waals surface area (Å²) in [6.45, 7) is -1.15. The second-order valence-electron chi connectivity index (χ2n) is 6.52. The quantitative estimate of drug-likeness (QED) is 0.203. The van der Waals surface area contributed by atoms with Crippen molar-refractivity contribution in [1.29, 1.82) is 0 Å². The molecule has 1 rings (SSSR count). The topological polar surface area (TPSA) is 98.8 Å². The van der Waals surface area contributed by atoms with Gasteiger partial charge < -0.3 is 19.7 Å². The molecule has 0 fully saturated rings. The van der Waals surface area contributed by atoms with Crippen LogP contribution < -0.4 is 5.73 Å². The minimum absolute atomic E-state index is 0.0538. The van der Waals surface area contributed by atoms with Gasteiger partial charge in [-0.05, 0) is 55.7 Å². The molecule has 0 aliphatic heterocycles. The molecule has 1 aromatic carbocycles. The number of carbonyl (C=O) groups is 2. The largest absolute Gasteiger partial charge is 0.398 e. The Morgan fingerprint density at radius 3 is 2.44 bits per heavy atom. The molecule has 152 valence electrons. The highest BCUT2D eigenvalue weighted by atomic mass is 32.5. The lowest BCUT2D eigenvalue weighted by molar-refractivity contribution is -0.119. The van der Waals surface area contributed by atoms with Crippen LogP contribution in [0.5, 0.6) is 0 Å². The van der Waals surface area contributed by atoms with E-state index in [0.717, 1.165) is 37.7 Å². The number of unbranched alkanes of at least 4 members (excludes halogenated alkanes) is 4. The van der Waals surface area contributed by atoms with Crippen LogP contribution in [0.2, 0.25) is 0 Å². The fraction of sp³-hybridized carbons (Fsp3) is 0.579. The number of hydrogen-bond acceptors (Lipinski definition) is 6. The Morgan fingerprint density at radius 2 is 1.81 bits per heavy atom. The van der Waals surface area contributed by atoms with Crippen molar-refractivity contribution in [3.63, 3.8) is 0 Å². The number of nitrogen functional groups attached to an aromatic ring is 1. The van der Waals surface area contributed by atoms with Gasteiger partial charge in [0, 0.05) is 31.2 Å². The number of anilines is 1. The summed E-state index contributed by atoms with van der Waals surface area (Å²) in [5, 5.41) is 0. The van der Waals surface area contributed by atoms with Crippen molar-refractivity contribution in [1.82, 2.24) is 0 Å². The lowest BCUT2D eigenvalue weighted by Crippen LogP contribution is -2.03. The molecule has 0 amide bonds. The Labute approximate surface area is 166 Å². The predicted molar refractivity (Wildman–Crippen MR) is 111 cm³/mol. The van der Waals surface area contributed by atoms with Crippen molar-refractivity contribution in [2.75, 3.05) is 19.5 Å². The van der Waals surface area contributed by atoms with Gasteiger partial charge >= 0.3 is 6.72 Å². The Bertz CT molecular complexity index is 680. The minimum Gasteiger partial charge on any atom is -0.398 e. The van der Waals surface area contributed by atoms with Crippen LogP contribution in [0, 0.1) is 0 Å². The minimum atomic E-state index is -3.03. The van der Waals surface area contributed by atoms with Gasteiger partial charge in [-0.15, -0.1) is 0 Å². The first kappa shape index (κ1) is 23.9. The molecule has 0 bridgehead atoms. The summed E-state index contributed by atoms with van der Waals surface area (Å²) in [7, 11) is 1.34. The molecule has 3 N–H and O–H groups in total. The van der Waals surface area contributed by atoms with Crippen LogP contribution >= 0.6 is 6.72 Å². The third-order valence-corrected chi connectivity index (χ3v) is 6.01. The summed E-state index contributed by atoms with van der Waals surface area (Å²) in [6.07, 6.45) is 6.38. The number of rotatable bonds is 14. The van der Waals surface area contributed by atoms with E-state index < -0.39 is 6.72 Å². The molecule has 0 aliphatic carbocycles. The normalized spacial score (nSPS) is 13.3. The Kier molecular flexibility index (Phi) is 11.0. The van der Waals surface area contributed by atoms with Gasteiger partial charge in [0.15, 0.2) is 5.78 Å². The van der Waals surface area contributed by atoms with Crippen molar-refractivity contribution in [2.24, 2.45) is 0 Å². The zero-order valence-electron chi connectivity index (χ0n) is 16.1. The zero-order chi connectivity index (χ0) is 20.3. The molecular weight excluding hydrogens is 385 g/mol. The third-order valence-electron chi connectivity index (χ3n) is 4.27. The molecule has 0 saturated heterocycles. The van der Waals surface area contributed by atoms with Crippen LogP contribution in [-0.4, -0.2) is 30.2 Å². The average Bonchev–Trinajstić information content (AvgIpc) is 2.61. The van der Waals surface area contributed by atoms with Crippen LogP contribution in [0.15, 0.2) is 18.2 Å². The second kappa shape index (κ2) is 12.4. The van der Waals surface area contributed by atoms with E-state index in [0.29, 0.717) is 37.1 Å². The van der Waals surface area contributed by atoms with E-state index in [2.05, 4.69) is 4.52 Å². The monoisotopic (exact) mass is 415 g/mol. The van der Waals surface area contributed by atoms with Crippen LogP contribution in [0.4, 0.5) is 5.69 Å². The predicted octanol–water partition coefficient (Wildman–Crippen LogP) is 4.19. The fourth-order valence-corrected chi connectivity index (χ4v) is 3.37. The van der Waals surface area contributed by atoms with Crippen molar-refractivity contribution in [3.05, 3.63) is 29.3 Å². The Morgan fingerprint density at radius 1 is 1.15 bits per heavy atom. The van der Waals surface area contributed by atoms with Gasteiger partial charge in [0.1, 0.15) is 5.78 Å². The van der Waals surface area contributed by atoms with Crippen LogP contribution in [0.3, 0.4) is 0 Å². The highest BCUT2D eigenvalue weighted by Gasteiger charge is 2.11. The molecular formula is C19H30NO5PS. The molecule has 1 aromatic rings. The standard InChI is InChI=1S/C19H30NO5PS/c1-15(21)18-12-10-16(14-19(18)20)9-11-17(22)8-6-4-3-5-7-13-25-26(23,27)24-2/h10,12,14H,3-9,11,13,20H2,1-2H3,(H,23,27). The number of carbonyl (C=O) groups excluding carboxylic acids is 2. The summed E-state index contributed by atoms with van der Waals surface area (Å²) >= 11 is 4.74.